The molecule has 5 heterocycles. The third kappa shape index (κ3) is 6.37. The van der Waals surface area contributed by atoms with Gasteiger partial charge in [-0.15, -0.1) is 5.10 Å². The van der Waals surface area contributed by atoms with Crippen molar-refractivity contribution >= 4 is 23.6 Å². The zero-order valence-electron chi connectivity index (χ0n) is 26.0. The quantitative estimate of drug-likeness (QED) is 0.443. The molecule has 0 radical (unpaired) electrons. The van der Waals surface area contributed by atoms with Gasteiger partial charge in [-0.25, -0.2) is 4.68 Å². The van der Waals surface area contributed by atoms with E-state index < -0.39 is 11.5 Å². The minimum absolute atomic E-state index is 0.0131. The number of fused-ring (bicyclic) bond motifs is 6. The first-order valence-electron chi connectivity index (χ1n) is 15.6. The van der Waals surface area contributed by atoms with Crippen molar-refractivity contribution in [3.63, 3.8) is 0 Å². The van der Waals surface area contributed by atoms with Gasteiger partial charge in [-0.1, -0.05) is 5.21 Å². The predicted molar refractivity (Wildman–Crippen MR) is 165 cm³/mol. The average Bonchev–Trinajstić information content (AvgIpc) is 3.71. The molecule has 0 unspecified atom stereocenters. The fourth-order valence-electron chi connectivity index (χ4n) is 6.57. The molecule has 6 rings (SSSR count). The molecule has 0 spiro atoms. The molecule has 242 valence electrons. The van der Waals surface area contributed by atoms with Gasteiger partial charge in [0.05, 0.1) is 25.9 Å². The molecule has 46 heavy (non-hydrogen) atoms. The highest BCUT2D eigenvalue weighted by Gasteiger charge is 2.41. The molecule has 2 aromatic heterocycles. The highest BCUT2D eigenvalue weighted by atomic mass is 16.5. The van der Waals surface area contributed by atoms with E-state index in [2.05, 4.69) is 15.6 Å². The second-order valence-corrected chi connectivity index (χ2v) is 12.2. The minimum Gasteiger partial charge on any atom is -0.497 e. The number of pyridine rings is 1. The standard InChI is InChI=1S/C32H38N8O6/c1-36-15-11-33-28(41)16-23-17-39(30(43)22-9-13-37(14-10-22)29(42)21-5-7-25(46-2)8-6-21)20-27(23)40-19-24(34-35-40)18-38-12-3-4-26(31(36)44)32(38)45/h3-8,12,19,22-23,27H,9-11,13-18,20H2,1-2H3,(H,33,41)/t23-,27+/m0/s1. The van der Waals surface area contributed by atoms with Crippen molar-refractivity contribution in [1.82, 2.24) is 39.6 Å². The summed E-state index contributed by atoms with van der Waals surface area (Å²) in [6.45, 7) is 2.30. The van der Waals surface area contributed by atoms with E-state index in [1.54, 1.807) is 66.5 Å². The van der Waals surface area contributed by atoms with Crippen LogP contribution in [0, 0.1) is 11.8 Å². The van der Waals surface area contributed by atoms with Gasteiger partial charge in [0.25, 0.3) is 17.4 Å². The highest BCUT2D eigenvalue weighted by molar-refractivity contribution is 5.95. The van der Waals surface area contributed by atoms with Gasteiger partial charge in [0.15, 0.2) is 0 Å². The summed E-state index contributed by atoms with van der Waals surface area (Å²) in [4.78, 5) is 70.9. The van der Waals surface area contributed by atoms with Gasteiger partial charge < -0.3 is 29.3 Å². The molecule has 4 amide bonds. The molecule has 3 aromatic rings. The lowest BCUT2D eigenvalue weighted by molar-refractivity contribution is -0.136. The smallest absolute Gasteiger partial charge is 0.263 e. The van der Waals surface area contributed by atoms with E-state index in [0.717, 1.165) is 0 Å². The fraction of sp³-hybridized carbons (Fsp3) is 0.469. The molecule has 1 N–H and O–H groups in total. The number of methoxy groups -OCH3 is 1. The Morgan fingerprint density at radius 1 is 0.978 bits per heavy atom. The molecular weight excluding hydrogens is 592 g/mol. The zero-order valence-corrected chi connectivity index (χ0v) is 26.0. The predicted octanol–water partition coefficient (Wildman–Crippen LogP) is 0.641. The van der Waals surface area contributed by atoms with Crippen LogP contribution in [0.5, 0.6) is 5.75 Å². The number of hydrogen-bond acceptors (Lipinski definition) is 8. The van der Waals surface area contributed by atoms with Crippen molar-refractivity contribution in [2.45, 2.75) is 31.8 Å². The van der Waals surface area contributed by atoms with Crippen LogP contribution in [-0.4, -0.2) is 111 Å². The van der Waals surface area contributed by atoms with Crippen LogP contribution < -0.4 is 15.6 Å². The number of piperidine rings is 1. The number of likely N-dealkylation sites (N-methyl/N-ethyl adjacent to an activating group) is 1. The van der Waals surface area contributed by atoms with E-state index >= 15 is 0 Å². The Hall–Kier alpha value is -5.01. The molecule has 2 fully saturated rings. The third-order valence-electron chi connectivity index (χ3n) is 9.23. The Morgan fingerprint density at radius 3 is 2.48 bits per heavy atom. The average molecular weight is 631 g/mol. The fourth-order valence-corrected chi connectivity index (χ4v) is 6.57. The summed E-state index contributed by atoms with van der Waals surface area (Å²) >= 11 is 0. The number of hydrogen-bond donors (Lipinski definition) is 1. The molecule has 0 aliphatic carbocycles. The molecule has 4 bridgehead atoms. The largest absolute Gasteiger partial charge is 0.497 e. The van der Waals surface area contributed by atoms with Crippen LogP contribution in [0.4, 0.5) is 0 Å². The summed E-state index contributed by atoms with van der Waals surface area (Å²) in [6, 6.07) is 9.86. The normalized spacial score (nSPS) is 21.1. The second kappa shape index (κ2) is 13.2. The van der Waals surface area contributed by atoms with Gasteiger partial charge in [0.1, 0.15) is 17.0 Å². The lowest BCUT2D eigenvalue weighted by Gasteiger charge is -2.33. The number of nitrogens with one attached hydrogen (secondary N) is 1. The number of amides is 4. The minimum atomic E-state index is -0.433. The number of rotatable bonds is 3. The lowest BCUT2D eigenvalue weighted by atomic mass is 9.94. The molecule has 14 nitrogen and oxygen atoms in total. The summed E-state index contributed by atoms with van der Waals surface area (Å²) in [5.74, 6) is -0.430. The molecule has 14 heteroatoms. The van der Waals surface area contributed by atoms with Crippen molar-refractivity contribution in [1.29, 1.82) is 0 Å². The van der Waals surface area contributed by atoms with Crippen molar-refractivity contribution in [2.75, 3.05) is 53.4 Å². The van der Waals surface area contributed by atoms with Crippen molar-refractivity contribution in [3.8, 4) is 5.75 Å². The van der Waals surface area contributed by atoms with Crippen LogP contribution in [0.3, 0.4) is 0 Å². The van der Waals surface area contributed by atoms with Crippen molar-refractivity contribution in [3.05, 3.63) is 76.0 Å². The Labute approximate surface area is 265 Å². The maximum atomic E-state index is 13.8. The van der Waals surface area contributed by atoms with E-state index in [1.165, 1.54) is 15.5 Å². The van der Waals surface area contributed by atoms with Crippen LogP contribution >= 0.6 is 0 Å². The van der Waals surface area contributed by atoms with Crippen LogP contribution in [0.15, 0.2) is 53.6 Å². The number of benzene rings is 1. The van der Waals surface area contributed by atoms with Gasteiger partial charge >= 0.3 is 0 Å². The number of aromatic nitrogens is 4. The summed E-state index contributed by atoms with van der Waals surface area (Å²) in [5, 5.41) is 11.5. The summed E-state index contributed by atoms with van der Waals surface area (Å²) in [7, 11) is 3.17. The maximum absolute atomic E-state index is 13.8. The SMILES string of the molecule is COc1ccc(C(=O)N2CCC(C(=O)N3C[C@@H]4CC(=O)NCCN(C)C(=O)c5cccn(c5=O)Cc5cn(nn5)[C@@H]4C3)CC2)cc1. The van der Waals surface area contributed by atoms with E-state index in [9.17, 15) is 24.0 Å². The summed E-state index contributed by atoms with van der Waals surface area (Å²) in [5.41, 5.74) is 0.710. The Kier molecular flexibility index (Phi) is 8.86. The van der Waals surface area contributed by atoms with Crippen LogP contribution in [-0.2, 0) is 16.1 Å². The van der Waals surface area contributed by atoms with Crippen molar-refractivity contribution < 1.29 is 23.9 Å². The van der Waals surface area contributed by atoms with Crippen molar-refractivity contribution in [2.24, 2.45) is 11.8 Å². The van der Waals surface area contributed by atoms with Gasteiger partial charge in [0, 0.05) is 76.3 Å². The number of carbonyl (C=O) groups excluding carboxylic acids is 4. The second-order valence-electron chi connectivity index (χ2n) is 12.2. The Morgan fingerprint density at radius 2 is 1.74 bits per heavy atom. The summed E-state index contributed by atoms with van der Waals surface area (Å²) < 4.78 is 8.30. The molecule has 3 aliphatic rings. The molecular formula is C32H38N8O6. The van der Waals surface area contributed by atoms with Gasteiger partial charge in [0.2, 0.25) is 11.8 Å². The topological polar surface area (TPSA) is 152 Å². The summed E-state index contributed by atoms with van der Waals surface area (Å²) in [6.07, 6.45) is 4.64. The third-order valence-corrected chi connectivity index (χ3v) is 9.23. The number of likely N-dealkylation sites (tertiary alicyclic amines) is 2. The molecule has 2 saturated heterocycles. The van der Waals surface area contributed by atoms with Gasteiger partial charge in [-0.2, -0.15) is 0 Å². The number of ether oxygens (including phenoxy) is 1. The molecule has 2 atom stereocenters. The van der Waals surface area contributed by atoms with Gasteiger partial charge in [-0.05, 0) is 49.2 Å². The van der Waals surface area contributed by atoms with E-state index in [-0.39, 0.29) is 67.2 Å². The molecule has 0 saturated carbocycles. The van der Waals surface area contributed by atoms with E-state index in [4.69, 9.17) is 4.74 Å². The first kappa shape index (κ1) is 31.0. The van der Waals surface area contributed by atoms with Gasteiger partial charge in [-0.3, -0.25) is 24.0 Å². The van der Waals surface area contributed by atoms with E-state index in [0.29, 0.717) is 56.0 Å². The Balaban J connectivity index is 1.16. The maximum Gasteiger partial charge on any atom is 0.263 e. The van der Waals surface area contributed by atoms with Crippen LogP contribution in [0.2, 0.25) is 0 Å². The lowest BCUT2D eigenvalue weighted by Crippen LogP contribution is -2.44. The molecule has 1 aromatic carbocycles. The number of carbonyl (C=O) groups is 4. The Bertz CT molecular complexity index is 1680. The first-order valence-corrected chi connectivity index (χ1v) is 15.6. The molecule has 3 aliphatic heterocycles. The number of nitrogens with zero attached hydrogens (tertiary/aromatic N) is 7. The zero-order chi connectivity index (χ0) is 32.4. The monoisotopic (exact) mass is 630 g/mol. The first-order chi connectivity index (χ1) is 22.2. The van der Waals surface area contributed by atoms with Crippen LogP contribution in [0.25, 0.3) is 0 Å². The van der Waals surface area contributed by atoms with Crippen LogP contribution in [0.1, 0.15) is 51.7 Å². The highest BCUT2D eigenvalue weighted by Crippen LogP contribution is 2.33. The van der Waals surface area contributed by atoms with E-state index in [1.807, 2.05) is 4.90 Å².